The van der Waals surface area contributed by atoms with Gasteiger partial charge in [0.15, 0.2) is 14.6 Å². The Morgan fingerprint density at radius 3 is 2.25 bits per heavy atom. The summed E-state index contributed by atoms with van der Waals surface area (Å²) in [5, 5.41) is 3.85. The van der Waals surface area contributed by atoms with Crippen molar-refractivity contribution >= 4 is 31.6 Å². The maximum absolute atomic E-state index is 13.6. The Hall–Kier alpha value is -2.72. The fourth-order valence-electron chi connectivity index (χ4n) is 4.74. The average molecular weight is 478 g/mol. The van der Waals surface area contributed by atoms with Crippen LogP contribution in [0.25, 0.3) is 0 Å². The minimum atomic E-state index is -4.19. The molecule has 4 rings (SSSR count). The molecule has 0 aromatic heterocycles. The number of sulfone groups is 1. The Kier molecular flexibility index (Phi) is 5.62. The van der Waals surface area contributed by atoms with Crippen LogP contribution in [0, 0.1) is 18.8 Å². The fraction of sp³-hybridized carbons (Fsp3) is 0.364. The molecular formula is C22H23NO7S2. The maximum atomic E-state index is 13.6. The SMILES string of the molecule is COC(=O)C1(S(=O)(=O)c2ccccc2)C[C@@H]2C/C(=N\OS(=O)(=O)c3ccc(C)cc3)[C@H]1C2. The lowest BCUT2D eigenvalue weighted by atomic mass is 9.86. The molecule has 2 aromatic rings. The molecule has 8 nitrogen and oxygen atoms in total. The Morgan fingerprint density at radius 2 is 1.66 bits per heavy atom. The minimum absolute atomic E-state index is 0.00509. The number of benzene rings is 2. The van der Waals surface area contributed by atoms with Crippen LogP contribution in [0.2, 0.25) is 0 Å². The van der Waals surface area contributed by atoms with Gasteiger partial charge in [0.2, 0.25) is 0 Å². The van der Waals surface area contributed by atoms with Gasteiger partial charge in [-0.1, -0.05) is 41.1 Å². The van der Waals surface area contributed by atoms with Crippen molar-refractivity contribution in [2.24, 2.45) is 17.0 Å². The van der Waals surface area contributed by atoms with E-state index in [0.717, 1.165) is 12.7 Å². The molecule has 3 atom stereocenters. The van der Waals surface area contributed by atoms with Gasteiger partial charge in [-0.25, -0.2) is 8.42 Å². The summed E-state index contributed by atoms with van der Waals surface area (Å²) in [6.07, 6.45) is 0.830. The Bertz CT molecular complexity index is 1270. The van der Waals surface area contributed by atoms with E-state index in [4.69, 9.17) is 9.02 Å². The minimum Gasteiger partial charge on any atom is -0.468 e. The quantitative estimate of drug-likeness (QED) is 0.464. The van der Waals surface area contributed by atoms with E-state index in [1.165, 1.54) is 24.3 Å². The van der Waals surface area contributed by atoms with Crippen molar-refractivity contribution in [1.82, 2.24) is 0 Å². The molecule has 2 fully saturated rings. The first-order valence-electron chi connectivity index (χ1n) is 10.1. The monoisotopic (exact) mass is 477 g/mol. The summed E-state index contributed by atoms with van der Waals surface area (Å²) >= 11 is 0. The van der Waals surface area contributed by atoms with Crippen molar-refractivity contribution < 1.29 is 30.7 Å². The highest BCUT2D eigenvalue weighted by Gasteiger charge is 2.67. The molecule has 1 unspecified atom stereocenters. The van der Waals surface area contributed by atoms with E-state index in [9.17, 15) is 21.6 Å². The van der Waals surface area contributed by atoms with Crippen LogP contribution in [-0.4, -0.2) is 40.4 Å². The van der Waals surface area contributed by atoms with Gasteiger partial charge in [0.05, 0.1) is 17.7 Å². The van der Waals surface area contributed by atoms with E-state index >= 15 is 0 Å². The second-order valence-corrected chi connectivity index (χ2v) is 11.9. The second kappa shape index (κ2) is 8.00. The largest absolute Gasteiger partial charge is 0.468 e. The third-order valence-corrected chi connectivity index (χ3v) is 9.84. The number of aryl methyl sites for hydroxylation is 1. The first-order chi connectivity index (χ1) is 15.1. The zero-order valence-corrected chi connectivity index (χ0v) is 19.2. The third kappa shape index (κ3) is 3.51. The molecule has 0 N–H and O–H groups in total. The number of hydrogen-bond donors (Lipinski definition) is 0. The molecule has 2 saturated carbocycles. The highest BCUT2D eigenvalue weighted by Crippen LogP contribution is 2.55. The first kappa shape index (κ1) is 22.5. The van der Waals surface area contributed by atoms with E-state index in [0.29, 0.717) is 12.8 Å². The number of hydrogen-bond acceptors (Lipinski definition) is 8. The number of esters is 1. The summed E-state index contributed by atoms with van der Waals surface area (Å²) < 4.78 is 60.3. The number of rotatable bonds is 6. The van der Waals surface area contributed by atoms with Crippen LogP contribution < -0.4 is 0 Å². The predicted octanol–water partition coefficient (Wildman–Crippen LogP) is 2.87. The van der Waals surface area contributed by atoms with Crippen LogP contribution in [0.15, 0.2) is 69.5 Å². The smallest absolute Gasteiger partial charge is 0.358 e. The molecule has 0 radical (unpaired) electrons. The Balaban J connectivity index is 1.72. The lowest BCUT2D eigenvalue weighted by molar-refractivity contribution is -0.144. The molecule has 2 aromatic carbocycles. The maximum Gasteiger partial charge on any atom is 0.358 e. The van der Waals surface area contributed by atoms with Gasteiger partial charge in [0.1, 0.15) is 4.90 Å². The number of carbonyl (C=O) groups excluding carboxylic acids is 1. The Labute approximate surface area is 187 Å². The number of carbonyl (C=O) groups is 1. The molecular weight excluding hydrogens is 454 g/mol. The zero-order chi connectivity index (χ0) is 23.1. The highest BCUT2D eigenvalue weighted by atomic mass is 32.2. The van der Waals surface area contributed by atoms with Crippen LogP contribution in [0.3, 0.4) is 0 Å². The lowest BCUT2D eigenvalue weighted by Crippen LogP contribution is -2.54. The summed E-state index contributed by atoms with van der Waals surface area (Å²) in [7, 11) is -7.19. The standard InChI is InChI=1S/C22H23NO7S2/c1-15-8-10-18(11-9-15)32(27,28)30-23-20-13-16-12-19(20)22(14-16,21(24)29-2)31(25,26)17-6-4-3-5-7-17/h3-11,16,19H,12-14H2,1-2H3/b23-20+/t16-,19+,22?/m0/s1. The molecule has 2 aliphatic rings. The van der Waals surface area contributed by atoms with E-state index in [2.05, 4.69) is 5.16 Å². The van der Waals surface area contributed by atoms with Crippen LogP contribution in [0.4, 0.5) is 0 Å². The topological polar surface area (TPSA) is 116 Å². The van der Waals surface area contributed by atoms with E-state index in [1.54, 1.807) is 30.3 Å². The number of oxime groups is 1. The Morgan fingerprint density at radius 1 is 1.00 bits per heavy atom. The molecule has 2 aliphatic carbocycles. The molecule has 0 spiro atoms. The molecule has 0 saturated heterocycles. The summed E-state index contributed by atoms with van der Waals surface area (Å²) in [5.41, 5.74) is 1.12. The number of methoxy groups -OCH3 is 1. The first-order valence-corrected chi connectivity index (χ1v) is 13.0. The fourth-order valence-corrected chi connectivity index (χ4v) is 7.79. The van der Waals surface area contributed by atoms with Crippen LogP contribution >= 0.6 is 0 Å². The number of ether oxygens (including phenoxy) is 1. The van der Waals surface area contributed by atoms with Crippen LogP contribution in [0.5, 0.6) is 0 Å². The highest BCUT2D eigenvalue weighted by molar-refractivity contribution is 7.93. The van der Waals surface area contributed by atoms with Crippen molar-refractivity contribution in [2.45, 2.75) is 40.7 Å². The van der Waals surface area contributed by atoms with Gasteiger partial charge in [-0.2, -0.15) is 8.42 Å². The average Bonchev–Trinajstić information content (AvgIpc) is 3.37. The van der Waals surface area contributed by atoms with Crippen molar-refractivity contribution in [3.05, 3.63) is 60.2 Å². The van der Waals surface area contributed by atoms with Crippen molar-refractivity contribution in [3.8, 4) is 0 Å². The second-order valence-electron chi connectivity index (χ2n) is 8.18. The van der Waals surface area contributed by atoms with Gasteiger partial charge in [0, 0.05) is 5.92 Å². The molecule has 10 heteroatoms. The molecule has 0 aliphatic heterocycles. The van der Waals surface area contributed by atoms with Gasteiger partial charge in [0.25, 0.3) is 0 Å². The molecule has 0 heterocycles. The van der Waals surface area contributed by atoms with E-state index in [1.807, 2.05) is 6.92 Å². The third-order valence-electron chi connectivity index (χ3n) is 6.25. The van der Waals surface area contributed by atoms with Crippen LogP contribution in [0.1, 0.15) is 24.8 Å². The van der Waals surface area contributed by atoms with Gasteiger partial charge in [-0.05, 0) is 56.4 Å². The van der Waals surface area contributed by atoms with Crippen LogP contribution in [-0.2, 0) is 33.8 Å². The molecule has 170 valence electrons. The van der Waals surface area contributed by atoms with Gasteiger partial charge < -0.3 is 4.74 Å². The summed E-state index contributed by atoms with van der Waals surface area (Å²) in [6.45, 7) is 1.83. The lowest BCUT2D eigenvalue weighted by Gasteiger charge is -2.34. The summed E-state index contributed by atoms with van der Waals surface area (Å²) in [4.78, 5) is 12.9. The number of nitrogens with zero attached hydrogens (tertiary/aromatic N) is 1. The summed E-state index contributed by atoms with van der Waals surface area (Å²) in [6, 6.07) is 13.8. The van der Waals surface area contributed by atoms with Gasteiger partial charge >= 0.3 is 16.1 Å². The zero-order valence-electron chi connectivity index (χ0n) is 17.6. The predicted molar refractivity (Wildman–Crippen MR) is 116 cm³/mol. The van der Waals surface area contributed by atoms with E-state index in [-0.39, 0.29) is 27.8 Å². The van der Waals surface area contributed by atoms with Gasteiger partial charge in [-0.3, -0.25) is 9.08 Å². The molecule has 2 bridgehead atoms. The van der Waals surface area contributed by atoms with Gasteiger partial charge in [-0.15, -0.1) is 0 Å². The normalized spacial score (nSPS) is 26.2. The number of fused-ring (bicyclic) bond motifs is 2. The molecule has 0 amide bonds. The van der Waals surface area contributed by atoms with Crippen molar-refractivity contribution in [3.63, 3.8) is 0 Å². The van der Waals surface area contributed by atoms with Crippen molar-refractivity contribution in [2.75, 3.05) is 7.11 Å². The van der Waals surface area contributed by atoms with Crippen molar-refractivity contribution in [1.29, 1.82) is 0 Å². The molecule has 32 heavy (non-hydrogen) atoms. The van der Waals surface area contributed by atoms with E-state index < -0.39 is 36.6 Å². The summed E-state index contributed by atoms with van der Waals surface area (Å²) in [5.74, 6) is -1.86.